The molecule has 0 aliphatic heterocycles. The number of fused-ring (bicyclic) bond motifs is 5. The van der Waals surface area contributed by atoms with Crippen molar-refractivity contribution < 1.29 is 0 Å². The molecule has 0 N–H and O–H groups in total. The van der Waals surface area contributed by atoms with Gasteiger partial charge in [-0.05, 0) is 104 Å². The molecule has 10 aromatic rings. The molecule has 2 heteroatoms. The Bertz CT molecular complexity index is 2880. The highest BCUT2D eigenvalue weighted by Crippen LogP contribution is 2.45. The summed E-state index contributed by atoms with van der Waals surface area (Å²) in [6.07, 6.45) is 0. The molecule has 0 aliphatic carbocycles. The Morgan fingerprint density at radius 2 is 0.942 bits per heavy atom. The van der Waals surface area contributed by atoms with Crippen LogP contribution in [0.25, 0.3) is 71.3 Å². The normalized spacial score (nSPS) is 11.5. The van der Waals surface area contributed by atoms with E-state index in [0.717, 1.165) is 22.7 Å². The number of benzene rings is 9. The summed E-state index contributed by atoms with van der Waals surface area (Å²) in [5, 5.41) is 7.49. The molecule has 52 heavy (non-hydrogen) atoms. The van der Waals surface area contributed by atoms with Crippen LogP contribution in [0.3, 0.4) is 0 Å². The van der Waals surface area contributed by atoms with E-state index in [1.165, 1.54) is 65.6 Å². The molecule has 244 valence electrons. The number of anilines is 3. The molecular weight excluding hydrogens is 629 g/mol. The quantitative estimate of drug-likeness (QED) is 0.172. The van der Waals surface area contributed by atoms with Crippen LogP contribution in [0.1, 0.15) is 0 Å². The molecule has 0 spiro atoms. The lowest BCUT2D eigenvalue weighted by Gasteiger charge is -2.26. The Balaban J connectivity index is 1.18. The van der Waals surface area contributed by atoms with Gasteiger partial charge in [0.25, 0.3) is 0 Å². The molecule has 0 saturated carbocycles. The van der Waals surface area contributed by atoms with Gasteiger partial charge in [-0.2, -0.15) is 0 Å². The van der Waals surface area contributed by atoms with Gasteiger partial charge in [-0.25, -0.2) is 0 Å². The zero-order chi connectivity index (χ0) is 34.4. The zero-order valence-corrected chi connectivity index (χ0v) is 28.5. The fourth-order valence-corrected chi connectivity index (χ4v) is 8.04. The monoisotopic (exact) mass is 662 g/mol. The molecule has 0 atom stereocenters. The van der Waals surface area contributed by atoms with E-state index >= 15 is 0 Å². The van der Waals surface area contributed by atoms with E-state index < -0.39 is 0 Å². The summed E-state index contributed by atoms with van der Waals surface area (Å²) in [6.45, 7) is 0. The number of hydrogen-bond donors (Lipinski definition) is 0. The molecule has 0 aliphatic rings. The van der Waals surface area contributed by atoms with Crippen LogP contribution < -0.4 is 4.90 Å². The molecule has 0 saturated heterocycles. The summed E-state index contributed by atoms with van der Waals surface area (Å²) >= 11 is 0. The first-order valence-corrected chi connectivity index (χ1v) is 17.9. The number of rotatable bonds is 6. The lowest BCUT2D eigenvalue weighted by Crippen LogP contribution is -2.09. The van der Waals surface area contributed by atoms with E-state index in [1.807, 2.05) is 0 Å². The molecule has 1 aromatic heterocycles. The van der Waals surface area contributed by atoms with Crippen molar-refractivity contribution in [2.45, 2.75) is 0 Å². The topological polar surface area (TPSA) is 8.17 Å². The Morgan fingerprint density at radius 3 is 1.75 bits per heavy atom. The van der Waals surface area contributed by atoms with E-state index in [2.05, 4.69) is 216 Å². The van der Waals surface area contributed by atoms with E-state index in [0.29, 0.717) is 0 Å². The number of para-hydroxylation sites is 3. The summed E-state index contributed by atoms with van der Waals surface area (Å²) in [7, 11) is 0. The molecule has 0 fully saturated rings. The van der Waals surface area contributed by atoms with Crippen LogP contribution in [0.4, 0.5) is 17.1 Å². The molecule has 2 nitrogen and oxygen atoms in total. The van der Waals surface area contributed by atoms with Crippen molar-refractivity contribution in [1.82, 2.24) is 4.57 Å². The largest absolute Gasteiger partial charge is 0.310 e. The molecule has 0 radical (unpaired) electrons. The summed E-state index contributed by atoms with van der Waals surface area (Å²) in [6, 6.07) is 74.6. The van der Waals surface area contributed by atoms with Gasteiger partial charge >= 0.3 is 0 Å². The highest BCUT2D eigenvalue weighted by Gasteiger charge is 2.20. The minimum Gasteiger partial charge on any atom is -0.310 e. The van der Waals surface area contributed by atoms with Gasteiger partial charge in [0.1, 0.15) is 0 Å². The molecule has 0 amide bonds. The third-order valence-corrected chi connectivity index (χ3v) is 10.3. The molecule has 10 rings (SSSR count). The van der Waals surface area contributed by atoms with Gasteiger partial charge in [0.15, 0.2) is 0 Å². The predicted molar refractivity (Wildman–Crippen MR) is 221 cm³/mol. The van der Waals surface area contributed by atoms with Crippen LogP contribution in [0.2, 0.25) is 0 Å². The van der Waals surface area contributed by atoms with Crippen LogP contribution in [-0.4, -0.2) is 4.57 Å². The van der Waals surface area contributed by atoms with Crippen LogP contribution in [0.5, 0.6) is 0 Å². The van der Waals surface area contributed by atoms with Gasteiger partial charge in [-0.3, -0.25) is 0 Å². The molecule has 1 heterocycles. The maximum atomic E-state index is 2.41. The molecular formula is C50H34N2. The summed E-state index contributed by atoms with van der Waals surface area (Å²) in [4.78, 5) is 2.37. The molecule has 9 aromatic carbocycles. The maximum absolute atomic E-state index is 2.41. The smallest absolute Gasteiger partial charge is 0.0553 e. The minimum atomic E-state index is 1.11. The lowest BCUT2D eigenvalue weighted by atomic mass is 9.92. The van der Waals surface area contributed by atoms with Gasteiger partial charge < -0.3 is 9.47 Å². The molecule has 0 bridgehead atoms. The van der Waals surface area contributed by atoms with Crippen molar-refractivity contribution in [3.63, 3.8) is 0 Å². The number of hydrogen-bond acceptors (Lipinski definition) is 1. The summed E-state index contributed by atoms with van der Waals surface area (Å²) in [5.41, 5.74) is 11.8. The van der Waals surface area contributed by atoms with E-state index in [4.69, 9.17) is 0 Å². The van der Waals surface area contributed by atoms with Gasteiger partial charge in [0, 0.05) is 33.5 Å². The first kappa shape index (κ1) is 30.0. The van der Waals surface area contributed by atoms with Gasteiger partial charge in [0.2, 0.25) is 0 Å². The second-order valence-electron chi connectivity index (χ2n) is 13.3. The Morgan fingerprint density at radius 1 is 0.346 bits per heavy atom. The number of aromatic nitrogens is 1. The average Bonchev–Trinajstić information content (AvgIpc) is 3.54. The standard InChI is InChI=1S/C50H34N2/c1-3-19-39(20-4-1)51(41-31-29-36(30-32-41)44-27-14-17-35-15-7-9-24-43(35)44)42-23-13-18-38(33-42)49-45-25-10-8-16-37(45)34-48-50(49)46-26-11-12-28-47(46)52(48)40-21-5-2-6-22-40/h1-34H. The fraction of sp³-hybridized carbons (Fsp3) is 0. The lowest BCUT2D eigenvalue weighted by molar-refractivity contribution is 1.18. The van der Waals surface area contributed by atoms with Crippen molar-refractivity contribution in [1.29, 1.82) is 0 Å². The first-order valence-electron chi connectivity index (χ1n) is 17.9. The Hall–Kier alpha value is -6.90. The second kappa shape index (κ2) is 12.5. The maximum Gasteiger partial charge on any atom is 0.0553 e. The fourth-order valence-electron chi connectivity index (χ4n) is 8.04. The summed E-state index contributed by atoms with van der Waals surface area (Å²) in [5.74, 6) is 0. The van der Waals surface area contributed by atoms with E-state index in [-0.39, 0.29) is 0 Å². The zero-order valence-electron chi connectivity index (χ0n) is 28.5. The van der Waals surface area contributed by atoms with Gasteiger partial charge in [-0.1, -0.05) is 146 Å². The van der Waals surface area contributed by atoms with E-state index in [1.54, 1.807) is 0 Å². The van der Waals surface area contributed by atoms with Crippen molar-refractivity contribution >= 4 is 60.4 Å². The third kappa shape index (κ3) is 4.96. The van der Waals surface area contributed by atoms with Gasteiger partial charge in [-0.15, -0.1) is 0 Å². The summed E-state index contributed by atoms with van der Waals surface area (Å²) < 4.78 is 2.41. The van der Waals surface area contributed by atoms with Crippen molar-refractivity contribution in [2.24, 2.45) is 0 Å². The van der Waals surface area contributed by atoms with Crippen molar-refractivity contribution in [3.8, 4) is 27.9 Å². The predicted octanol–water partition coefficient (Wildman–Crippen LogP) is 13.9. The highest BCUT2D eigenvalue weighted by molar-refractivity contribution is 6.23. The first-order chi connectivity index (χ1) is 25.8. The third-order valence-electron chi connectivity index (χ3n) is 10.3. The highest BCUT2D eigenvalue weighted by atomic mass is 15.1. The molecule has 0 unspecified atom stereocenters. The SMILES string of the molecule is c1ccc(N(c2ccc(-c3cccc4ccccc34)cc2)c2cccc(-c3c4ccccc4cc4c3c3ccccc3n4-c3ccccc3)c2)cc1. The van der Waals surface area contributed by atoms with Crippen LogP contribution >= 0.6 is 0 Å². The van der Waals surface area contributed by atoms with Crippen molar-refractivity contribution in [3.05, 3.63) is 206 Å². The Kier molecular flexibility index (Phi) is 7.18. The second-order valence-corrected chi connectivity index (χ2v) is 13.3. The average molecular weight is 663 g/mol. The van der Waals surface area contributed by atoms with Gasteiger partial charge in [0.05, 0.1) is 11.0 Å². The van der Waals surface area contributed by atoms with Crippen LogP contribution in [-0.2, 0) is 0 Å². The van der Waals surface area contributed by atoms with Crippen LogP contribution in [0, 0.1) is 0 Å². The Labute approximate surface area is 303 Å². The minimum absolute atomic E-state index is 1.11. The van der Waals surface area contributed by atoms with Crippen LogP contribution in [0.15, 0.2) is 206 Å². The van der Waals surface area contributed by atoms with E-state index in [9.17, 15) is 0 Å². The number of nitrogens with zero attached hydrogens (tertiary/aromatic N) is 2. The van der Waals surface area contributed by atoms with Crippen molar-refractivity contribution in [2.75, 3.05) is 4.90 Å².